The number of hydrogen-bond acceptors (Lipinski definition) is 6. The van der Waals surface area contributed by atoms with E-state index in [2.05, 4.69) is 0 Å². The normalized spacial score (nSPS) is 12.4. The van der Waals surface area contributed by atoms with Gasteiger partial charge in [-0.1, -0.05) is 30.3 Å². The van der Waals surface area contributed by atoms with Gasteiger partial charge in [-0.15, -0.1) is 0 Å². The molecule has 148 valence electrons. The first-order chi connectivity index (χ1) is 14.1. The average Bonchev–Trinajstić information content (AvgIpc) is 2.75. The molecule has 1 aliphatic heterocycles. The van der Waals surface area contributed by atoms with Crippen LogP contribution in [0.5, 0.6) is 5.75 Å². The predicted octanol–water partition coefficient (Wildman–Crippen LogP) is 1.90. The van der Waals surface area contributed by atoms with Crippen molar-refractivity contribution in [2.45, 2.75) is 6.42 Å². The predicted molar refractivity (Wildman–Crippen MR) is 104 cm³/mol. The van der Waals surface area contributed by atoms with Crippen LogP contribution in [-0.4, -0.2) is 44.1 Å². The van der Waals surface area contributed by atoms with E-state index in [0.717, 1.165) is 0 Å². The Labute approximate surface area is 167 Å². The van der Waals surface area contributed by atoms with Crippen molar-refractivity contribution in [1.29, 1.82) is 5.26 Å². The molecular weight excluding hydrogens is 374 g/mol. The third-order valence-electron chi connectivity index (χ3n) is 4.30. The Bertz CT molecular complexity index is 939. The maximum Gasteiger partial charge on any atom is 0.308 e. The molecule has 0 spiro atoms. The van der Waals surface area contributed by atoms with E-state index in [4.69, 9.17) is 14.7 Å². The van der Waals surface area contributed by atoms with Gasteiger partial charge in [0.2, 0.25) is 0 Å². The number of ether oxygens (including phenoxy) is 2. The molecule has 0 atom stereocenters. The van der Waals surface area contributed by atoms with E-state index in [-0.39, 0.29) is 32.0 Å². The number of nitrogens with zero attached hydrogens (tertiary/aromatic N) is 3. The summed E-state index contributed by atoms with van der Waals surface area (Å²) in [7, 11) is 0. The molecule has 2 amide bonds. The number of esters is 1. The molecule has 0 saturated heterocycles. The van der Waals surface area contributed by atoms with Crippen LogP contribution in [0.15, 0.2) is 54.6 Å². The number of amides is 2. The first kappa shape index (κ1) is 19.9. The molecule has 8 nitrogen and oxygen atoms in total. The molecule has 2 aromatic carbocycles. The van der Waals surface area contributed by atoms with Gasteiger partial charge in [-0.05, 0) is 24.3 Å². The molecule has 29 heavy (non-hydrogen) atoms. The number of hydrogen-bond donors (Lipinski definition) is 0. The highest BCUT2D eigenvalue weighted by atomic mass is 16.5. The number of para-hydroxylation sites is 3. The summed E-state index contributed by atoms with van der Waals surface area (Å²) >= 11 is 0. The van der Waals surface area contributed by atoms with Crippen molar-refractivity contribution in [3.8, 4) is 11.8 Å². The zero-order valence-corrected chi connectivity index (χ0v) is 15.6. The molecule has 2 aromatic rings. The van der Waals surface area contributed by atoms with E-state index in [1.165, 1.54) is 9.80 Å². The molecule has 3 rings (SSSR count). The van der Waals surface area contributed by atoms with Crippen LogP contribution in [-0.2, 0) is 19.1 Å². The molecular formula is C21H19N3O5. The standard InChI is InChI=1S/C21H19N3O5/c22-11-13-23(16-6-2-1-3-7-16)19(25)15-29-21(27)10-12-24-17-8-4-5-9-18(17)28-14-20(24)26/h1-9H,10,12-15H2. The Hall–Kier alpha value is -3.86. The first-order valence-corrected chi connectivity index (χ1v) is 9.00. The van der Waals surface area contributed by atoms with Gasteiger partial charge in [-0.2, -0.15) is 5.26 Å². The fourth-order valence-electron chi connectivity index (χ4n) is 2.90. The lowest BCUT2D eigenvalue weighted by Crippen LogP contribution is -2.40. The second-order valence-corrected chi connectivity index (χ2v) is 6.19. The lowest BCUT2D eigenvalue weighted by atomic mass is 10.2. The molecule has 0 saturated carbocycles. The summed E-state index contributed by atoms with van der Waals surface area (Å²) in [6.45, 7) is -0.611. The van der Waals surface area contributed by atoms with Crippen molar-refractivity contribution < 1.29 is 23.9 Å². The van der Waals surface area contributed by atoms with Crippen molar-refractivity contribution in [2.24, 2.45) is 0 Å². The zero-order valence-electron chi connectivity index (χ0n) is 15.6. The van der Waals surface area contributed by atoms with Crippen molar-refractivity contribution >= 4 is 29.2 Å². The van der Waals surface area contributed by atoms with Crippen LogP contribution in [0.1, 0.15) is 6.42 Å². The van der Waals surface area contributed by atoms with E-state index in [1.54, 1.807) is 54.6 Å². The van der Waals surface area contributed by atoms with Gasteiger partial charge >= 0.3 is 5.97 Å². The number of nitriles is 1. The quantitative estimate of drug-likeness (QED) is 0.526. The number of fused-ring (bicyclic) bond motifs is 1. The minimum absolute atomic E-state index is 0.0725. The average molecular weight is 393 g/mol. The van der Waals surface area contributed by atoms with Crippen molar-refractivity contribution in [3.05, 3.63) is 54.6 Å². The third kappa shape index (κ3) is 4.90. The van der Waals surface area contributed by atoms with Gasteiger partial charge < -0.3 is 14.4 Å². The van der Waals surface area contributed by atoms with Crippen LogP contribution in [0.3, 0.4) is 0 Å². The van der Waals surface area contributed by atoms with Gasteiger partial charge in [0.1, 0.15) is 12.3 Å². The third-order valence-corrected chi connectivity index (χ3v) is 4.30. The molecule has 0 unspecified atom stereocenters. The highest BCUT2D eigenvalue weighted by molar-refractivity contribution is 5.98. The summed E-state index contributed by atoms with van der Waals surface area (Å²) in [5, 5.41) is 8.96. The number of anilines is 2. The van der Waals surface area contributed by atoms with E-state index in [1.807, 2.05) is 6.07 Å². The summed E-state index contributed by atoms with van der Waals surface area (Å²) in [6.07, 6.45) is -0.0725. The minimum Gasteiger partial charge on any atom is -0.482 e. The van der Waals surface area contributed by atoms with E-state index >= 15 is 0 Å². The maximum atomic E-state index is 12.4. The summed E-state index contributed by atoms with van der Waals surface area (Å²) in [5.74, 6) is -0.790. The number of carbonyl (C=O) groups excluding carboxylic acids is 3. The molecule has 0 N–H and O–H groups in total. The molecule has 1 aliphatic rings. The van der Waals surface area contributed by atoms with Crippen molar-refractivity contribution in [1.82, 2.24) is 0 Å². The van der Waals surface area contributed by atoms with Gasteiger partial charge in [0, 0.05) is 12.2 Å². The molecule has 0 bridgehead atoms. The summed E-state index contributed by atoms with van der Waals surface area (Å²) in [4.78, 5) is 39.3. The van der Waals surface area contributed by atoms with Gasteiger partial charge in [0.15, 0.2) is 13.2 Å². The van der Waals surface area contributed by atoms with Crippen LogP contribution in [0.2, 0.25) is 0 Å². The smallest absolute Gasteiger partial charge is 0.308 e. The van der Waals surface area contributed by atoms with Gasteiger partial charge in [0.05, 0.1) is 18.2 Å². The van der Waals surface area contributed by atoms with E-state index < -0.39 is 18.5 Å². The number of carbonyl (C=O) groups is 3. The molecule has 0 fully saturated rings. The van der Waals surface area contributed by atoms with Crippen LogP contribution < -0.4 is 14.5 Å². The molecule has 8 heteroatoms. The Balaban J connectivity index is 1.54. The molecule has 0 aliphatic carbocycles. The zero-order chi connectivity index (χ0) is 20.6. The monoisotopic (exact) mass is 393 g/mol. The van der Waals surface area contributed by atoms with Crippen LogP contribution in [0.25, 0.3) is 0 Å². The lowest BCUT2D eigenvalue weighted by Gasteiger charge is -2.29. The van der Waals surface area contributed by atoms with Gasteiger partial charge in [-0.25, -0.2) is 0 Å². The SMILES string of the molecule is N#CCN(C(=O)COC(=O)CCN1C(=O)COc2ccccc21)c1ccccc1. The van der Waals surface area contributed by atoms with Crippen LogP contribution in [0.4, 0.5) is 11.4 Å². The number of benzene rings is 2. The molecule has 1 heterocycles. The fraction of sp³-hybridized carbons (Fsp3) is 0.238. The van der Waals surface area contributed by atoms with Gasteiger partial charge in [-0.3, -0.25) is 19.3 Å². The highest BCUT2D eigenvalue weighted by Crippen LogP contribution is 2.31. The fourth-order valence-corrected chi connectivity index (χ4v) is 2.90. The summed E-state index contributed by atoms with van der Waals surface area (Å²) in [6, 6.07) is 17.7. The molecule has 0 radical (unpaired) electrons. The Kier molecular flexibility index (Phi) is 6.43. The minimum atomic E-state index is -0.611. The van der Waals surface area contributed by atoms with Crippen LogP contribution in [0, 0.1) is 11.3 Å². The molecule has 0 aromatic heterocycles. The van der Waals surface area contributed by atoms with Crippen molar-refractivity contribution in [3.63, 3.8) is 0 Å². The second-order valence-electron chi connectivity index (χ2n) is 6.19. The number of rotatable bonds is 7. The Morgan fingerprint density at radius 2 is 1.86 bits per heavy atom. The lowest BCUT2D eigenvalue weighted by molar-refractivity contribution is -0.147. The maximum absolute atomic E-state index is 12.4. The van der Waals surface area contributed by atoms with Gasteiger partial charge in [0.25, 0.3) is 11.8 Å². The van der Waals surface area contributed by atoms with Crippen molar-refractivity contribution in [2.75, 3.05) is 36.1 Å². The topological polar surface area (TPSA) is 99.9 Å². The summed E-state index contributed by atoms with van der Waals surface area (Å²) < 4.78 is 10.4. The Morgan fingerprint density at radius 1 is 1.14 bits per heavy atom. The first-order valence-electron chi connectivity index (χ1n) is 9.00. The Morgan fingerprint density at radius 3 is 2.62 bits per heavy atom. The second kappa shape index (κ2) is 9.37. The van der Waals surface area contributed by atoms with E-state index in [0.29, 0.717) is 17.1 Å². The summed E-state index contributed by atoms with van der Waals surface area (Å²) in [5.41, 5.74) is 1.14. The largest absolute Gasteiger partial charge is 0.482 e. The van der Waals surface area contributed by atoms with E-state index in [9.17, 15) is 14.4 Å². The van der Waals surface area contributed by atoms with Crippen LogP contribution >= 0.6 is 0 Å². The highest BCUT2D eigenvalue weighted by Gasteiger charge is 2.26.